The monoisotopic (exact) mass is 246 g/mol. The predicted octanol–water partition coefficient (Wildman–Crippen LogP) is 4.85. The molecule has 0 heterocycles. The second-order valence-electron chi connectivity index (χ2n) is 5.96. The van der Waals surface area contributed by atoms with Crippen molar-refractivity contribution in [1.29, 1.82) is 0 Å². The minimum Gasteiger partial charge on any atom is -0.0729 e. The molecule has 0 heteroatoms. The minimum atomic E-state index is 0.470. The lowest BCUT2D eigenvalue weighted by atomic mass is 9.74. The average molecular weight is 246 g/mol. The van der Waals surface area contributed by atoms with E-state index >= 15 is 0 Å². The van der Waals surface area contributed by atoms with E-state index in [0.29, 0.717) is 5.92 Å². The first-order chi connectivity index (χ1) is 9.22. The summed E-state index contributed by atoms with van der Waals surface area (Å²) in [5.74, 6) is 0.470. The standard InChI is InChI=1S/C19H18/c1-12-3-4-14-5-6-16-10-13(2)11-17-8-7-15(9-12)18(14)19(16)17/h3-6,9-11,14H,7-8H2,1-2H3. The summed E-state index contributed by atoms with van der Waals surface area (Å²) in [5, 5.41) is 0. The summed E-state index contributed by atoms with van der Waals surface area (Å²) in [5.41, 5.74) is 10.4. The zero-order valence-corrected chi connectivity index (χ0v) is 11.5. The van der Waals surface area contributed by atoms with Crippen molar-refractivity contribution in [3.05, 3.63) is 69.8 Å². The largest absolute Gasteiger partial charge is 0.0729 e. The average Bonchev–Trinajstić information content (AvgIpc) is 2.55. The highest BCUT2D eigenvalue weighted by molar-refractivity contribution is 5.88. The molecule has 0 aromatic heterocycles. The summed E-state index contributed by atoms with van der Waals surface area (Å²) < 4.78 is 0. The topological polar surface area (TPSA) is 0 Å². The van der Waals surface area contributed by atoms with Gasteiger partial charge in [-0.1, -0.05) is 53.6 Å². The number of allylic oxidation sites excluding steroid dienone is 7. The summed E-state index contributed by atoms with van der Waals surface area (Å²) >= 11 is 0. The summed E-state index contributed by atoms with van der Waals surface area (Å²) in [6, 6.07) is 4.71. The molecule has 19 heavy (non-hydrogen) atoms. The van der Waals surface area contributed by atoms with Crippen LogP contribution in [0, 0.1) is 12.8 Å². The van der Waals surface area contributed by atoms with E-state index in [9.17, 15) is 0 Å². The Hall–Kier alpha value is -1.82. The molecule has 3 aliphatic rings. The van der Waals surface area contributed by atoms with Gasteiger partial charge in [0.1, 0.15) is 0 Å². The Kier molecular flexibility index (Phi) is 2.23. The van der Waals surface area contributed by atoms with Crippen LogP contribution in [0.4, 0.5) is 0 Å². The molecule has 1 atom stereocenters. The summed E-state index contributed by atoms with van der Waals surface area (Å²) in [6.07, 6.45) is 14.1. The van der Waals surface area contributed by atoms with Crippen molar-refractivity contribution in [2.45, 2.75) is 26.7 Å². The first-order valence-corrected chi connectivity index (χ1v) is 7.14. The predicted molar refractivity (Wildman–Crippen MR) is 81.8 cm³/mol. The van der Waals surface area contributed by atoms with Crippen molar-refractivity contribution in [1.82, 2.24) is 0 Å². The Bertz CT molecular complexity index is 693. The van der Waals surface area contributed by atoms with Crippen molar-refractivity contribution in [2.24, 2.45) is 5.92 Å². The molecule has 0 fully saturated rings. The van der Waals surface area contributed by atoms with E-state index < -0.39 is 0 Å². The molecule has 1 unspecified atom stereocenters. The molecule has 0 saturated carbocycles. The van der Waals surface area contributed by atoms with Crippen LogP contribution in [0.2, 0.25) is 0 Å². The normalized spacial score (nSPS) is 23.1. The molecule has 94 valence electrons. The van der Waals surface area contributed by atoms with Crippen LogP contribution in [-0.4, -0.2) is 0 Å². The first kappa shape index (κ1) is 11.0. The van der Waals surface area contributed by atoms with Crippen molar-refractivity contribution in [3.63, 3.8) is 0 Å². The maximum atomic E-state index is 2.39. The maximum Gasteiger partial charge on any atom is 0.0214 e. The van der Waals surface area contributed by atoms with Crippen molar-refractivity contribution < 1.29 is 0 Å². The third kappa shape index (κ3) is 1.59. The van der Waals surface area contributed by atoms with Crippen molar-refractivity contribution >= 4 is 11.6 Å². The number of aryl methyl sites for hydroxylation is 2. The SMILES string of the molecule is CC1=CC2=C3c4c(cc(C)cc4CC2)C=CC3C=C1. The van der Waals surface area contributed by atoms with E-state index in [-0.39, 0.29) is 0 Å². The molecular formula is C19H18. The van der Waals surface area contributed by atoms with Crippen LogP contribution in [0.25, 0.3) is 11.6 Å². The smallest absolute Gasteiger partial charge is 0.0214 e. The molecule has 3 aliphatic carbocycles. The van der Waals surface area contributed by atoms with E-state index in [2.05, 4.69) is 56.4 Å². The number of hydrogen-bond donors (Lipinski definition) is 0. The van der Waals surface area contributed by atoms with Gasteiger partial charge in [0, 0.05) is 5.92 Å². The first-order valence-electron chi connectivity index (χ1n) is 7.14. The second kappa shape index (κ2) is 3.84. The van der Waals surface area contributed by atoms with Gasteiger partial charge in [0.2, 0.25) is 0 Å². The zero-order valence-electron chi connectivity index (χ0n) is 11.5. The number of hydrogen-bond acceptors (Lipinski definition) is 0. The van der Waals surface area contributed by atoms with Gasteiger partial charge in [-0.05, 0) is 54.5 Å². The van der Waals surface area contributed by atoms with E-state index in [4.69, 9.17) is 0 Å². The van der Waals surface area contributed by atoms with Gasteiger partial charge in [-0.15, -0.1) is 0 Å². The highest BCUT2D eigenvalue weighted by atomic mass is 14.3. The Morgan fingerprint density at radius 2 is 1.84 bits per heavy atom. The van der Waals surface area contributed by atoms with Gasteiger partial charge >= 0.3 is 0 Å². The van der Waals surface area contributed by atoms with Gasteiger partial charge in [-0.3, -0.25) is 0 Å². The summed E-state index contributed by atoms with van der Waals surface area (Å²) in [7, 11) is 0. The Labute approximate surface area is 114 Å². The molecule has 0 aliphatic heterocycles. The quantitative estimate of drug-likeness (QED) is 0.613. The maximum absolute atomic E-state index is 2.39. The van der Waals surface area contributed by atoms with Crippen LogP contribution < -0.4 is 0 Å². The van der Waals surface area contributed by atoms with Gasteiger partial charge < -0.3 is 0 Å². The van der Waals surface area contributed by atoms with Crippen LogP contribution in [-0.2, 0) is 6.42 Å². The Balaban J connectivity index is 2.06. The molecule has 0 spiro atoms. The van der Waals surface area contributed by atoms with Crippen LogP contribution in [0.1, 0.15) is 35.6 Å². The van der Waals surface area contributed by atoms with E-state index in [0.717, 1.165) is 0 Å². The van der Waals surface area contributed by atoms with Crippen LogP contribution in [0.15, 0.2) is 47.6 Å². The van der Waals surface area contributed by atoms with Gasteiger partial charge in [-0.25, -0.2) is 0 Å². The van der Waals surface area contributed by atoms with Crippen LogP contribution in [0.5, 0.6) is 0 Å². The fourth-order valence-corrected chi connectivity index (χ4v) is 3.69. The lowest BCUT2D eigenvalue weighted by Crippen LogP contribution is -2.13. The van der Waals surface area contributed by atoms with Gasteiger partial charge in [0.15, 0.2) is 0 Å². The van der Waals surface area contributed by atoms with Gasteiger partial charge in [0.25, 0.3) is 0 Å². The minimum absolute atomic E-state index is 0.470. The van der Waals surface area contributed by atoms with E-state index in [1.54, 1.807) is 16.7 Å². The fourth-order valence-electron chi connectivity index (χ4n) is 3.69. The molecule has 0 N–H and O–H groups in total. The second-order valence-corrected chi connectivity index (χ2v) is 5.96. The molecule has 0 nitrogen and oxygen atoms in total. The summed E-state index contributed by atoms with van der Waals surface area (Å²) in [4.78, 5) is 0. The third-order valence-electron chi connectivity index (χ3n) is 4.46. The van der Waals surface area contributed by atoms with Crippen LogP contribution >= 0.6 is 0 Å². The van der Waals surface area contributed by atoms with Crippen LogP contribution in [0.3, 0.4) is 0 Å². The molecule has 0 saturated heterocycles. The molecule has 4 rings (SSSR count). The lowest BCUT2D eigenvalue weighted by Gasteiger charge is -2.30. The molecule has 1 aromatic rings. The fraction of sp³-hybridized carbons (Fsp3) is 0.263. The summed E-state index contributed by atoms with van der Waals surface area (Å²) in [6.45, 7) is 4.41. The molecule has 0 radical (unpaired) electrons. The van der Waals surface area contributed by atoms with Gasteiger partial charge in [-0.2, -0.15) is 0 Å². The highest BCUT2D eigenvalue weighted by Gasteiger charge is 2.27. The highest BCUT2D eigenvalue weighted by Crippen LogP contribution is 2.44. The molecule has 0 bridgehead atoms. The van der Waals surface area contributed by atoms with E-state index in [1.807, 2.05) is 0 Å². The Morgan fingerprint density at radius 1 is 1.00 bits per heavy atom. The van der Waals surface area contributed by atoms with Gasteiger partial charge in [0.05, 0.1) is 0 Å². The third-order valence-corrected chi connectivity index (χ3v) is 4.46. The molecule has 1 aromatic carbocycles. The Morgan fingerprint density at radius 3 is 2.74 bits per heavy atom. The number of benzene rings is 1. The van der Waals surface area contributed by atoms with Crippen molar-refractivity contribution in [2.75, 3.05) is 0 Å². The number of rotatable bonds is 0. The lowest BCUT2D eigenvalue weighted by molar-refractivity contribution is 0.904. The molecular weight excluding hydrogens is 228 g/mol. The zero-order chi connectivity index (χ0) is 13.0. The van der Waals surface area contributed by atoms with Crippen molar-refractivity contribution in [3.8, 4) is 0 Å². The van der Waals surface area contributed by atoms with E-state index in [1.165, 1.54) is 35.1 Å². The molecule has 0 amide bonds.